The zero-order chi connectivity index (χ0) is 18.5. The molecule has 0 saturated carbocycles. The molecule has 1 aromatic rings. The van der Waals surface area contributed by atoms with Gasteiger partial charge in [-0.2, -0.15) is 0 Å². The molecule has 2 amide bonds. The highest BCUT2D eigenvalue weighted by Gasteiger charge is 2.28. The zero-order valence-electron chi connectivity index (χ0n) is 15.6. The molecule has 0 aliphatic heterocycles. The Labute approximate surface area is 148 Å². The molecule has 1 rings (SSSR count). The van der Waals surface area contributed by atoms with Gasteiger partial charge in [-0.3, -0.25) is 4.79 Å². The van der Waals surface area contributed by atoms with E-state index < -0.39 is 17.7 Å². The summed E-state index contributed by atoms with van der Waals surface area (Å²) in [5.74, 6) is 0.0558. The fraction of sp³-hybridized carbons (Fsp3) is 0.706. The number of hydrogen-bond acceptors (Lipinski definition) is 5. The lowest BCUT2D eigenvalue weighted by molar-refractivity contribution is -0.119. The first kappa shape index (κ1) is 20.4. The van der Waals surface area contributed by atoms with E-state index in [2.05, 4.69) is 29.5 Å². The van der Waals surface area contributed by atoms with Gasteiger partial charge in [0.1, 0.15) is 11.6 Å². The van der Waals surface area contributed by atoms with Crippen LogP contribution in [0.5, 0.6) is 0 Å². The summed E-state index contributed by atoms with van der Waals surface area (Å²) < 4.78 is 5.26. The Morgan fingerprint density at radius 3 is 2.38 bits per heavy atom. The number of carbonyl (C=O) groups is 2. The summed E-state index contributed by atoms with van der Waals surface area (Å²) in [5, 5.41) is 6.02. The number of alkyl carbamates (subject to hydrolysis) is 1. The Morgan fingerprint density at radius 2 is 1.92 bits per heavy atom. The average molecular weight is 356 g/mol. The van der Waals surface area contributed by atoms with E-state index in [9.17, 15) is 9.59 Å². The van der Waals surface area contributed by atoms with Crippen molar-refractivity contribution < 1.29 is 14.3 Å². The average Bonchev–Trinajstić information content (AvgIpc) is 2.90. The maximum absolute atomic E-state index is 12.6. The highest BCUT2D eigenvalue weighted by atomic mass is 32.1. The second-order valence-corrected chi connectivity index (χ2v) is 8.28. The van der Waals surface area contributed by atoms with Crippen LogP contribution >= 0.6 is 11.3 Å². The predicted molar refractivity (Wildman–Crippen MR) is 97.4 cm³/mol. The van der Waals surface area contributed by atoms with E-state index in [1.165, 1.54) is 11.3 Å². The molecule has 6 nitrogen and oxygen atoms in total. The number of anilines is 1. The molecule has 2 atom stereocenters. The van der Waals surface area contributed by atoms with Crippen LogP contribution in [0.3, 0.4) is 0 Å². The van der Waals surface area contributed by atoms with Crippen LogP contribution < -0.4 is 10.6 Å². The summed E-state index contributed by atoms with van der Waals surface area (Å²) >= 11 is 1.45. The van der Waals surface area contributed by atoms with Gasteiger partial charge in [-0.25, -0.2) is 9.78 Å². The fourth-order valence-electron chi connectivity index (χ4n) is 1.93. The van der Waals surface area contributed by atoms with Crippen molar-refractivity contribution >= 4 is 28.5 Å². The molecule has 0 spiro atoms. The Morgan fingerprint density at radius 1 is 1.29 bits per heavy atom. The molecular formula is C17H29N3O3S. The van der Waals surface area contributed by atoms with Crippen LogP contribution in [0, 0.1) is 5.92 Å². The molecule has 0 aliphatic rings. The second kappa shape index (κ2) is 8.46. The molecule has 1 heterocycles. The number of nitrogens with one attached hydrogen (secondary N) is 2. The lowest BCUT2D eigenvalue weighted by Crippen LogP contribution is -2.49. The van der Waals surface area contributed by atoms with Crippen LogP contribution in [0.2, 0.25) is 0 Å². The molecular weight excluding hydrogens is 326 g/mol. The fourth-order valence-corrected chi connectivity index (χ4v) is 2.75. The van der Waals surface area contributed by atoms with Gasteiger partial charge < -0.3 is 15.4 Å². The molecule has 0 aromatic carbocycles. The molecule has 0 aliphatic carbocycles. The quantitative estimate of drug-likeness (QED) is 0.803. The van der Waals surface area contributed by atoms with E-state index in [1.54, 1.807) is 27.0 Å². The molecule has 24 heavy (non-hydrogen) atoms. The molecule has 0 fully saturated rings. The summed E-state index contributed by atoms with van der Waals surface area (Å²) in [6.45, 7) is 13.4. The number of nitrogens with zero attached hydrogens (tertiary/aromatic N) is 1. The van der Waals surface area contributed by atoms with Crippen molar-refractivity contribution in [3.8, 4) is 0 Å². The van der Waals surface area contributed by atoms with E-state index in [0.717, 1.165) is 11.3 Å². The van der Waals surface area contributed by atoms with Gasteiger partial charge in [0.05, 0.1) is 0 Å². The lowest BCUT2D eigenvalue weighted by atomic mass is 9.98. The van der Waals surface area contributed by atoms with Gasteiger partial charge in [-0.05, 0) is 32.6 Å². The lowest BCUT2D eigenvalue weighted by Gasteiger charge is -2.25. The van der Waals surface area contributed by atoms with Crippen molar-refractivity contribution in [2.45, 2.75) is 72.4 Å². The molecule has 7 heteroatoms. The van der Waals surface area contributed by atoms with Crippen LogP contribution in [-0.4, -0.2) is 28.6 Å². The van der Waals surface area contributed by atoms with E-state index in [4.69, 9.17) is 4.74 Å². The zero-order valence-corrected chi connectivity index (χ0v) is 16.4. The maximum atomic E-state index is 12.6. The number of thiazole rings is 1. The third kappa shape index (κ3) is 6.47. The van der Waals surface area contributed by atoms with Crippen LogP contribution in [-0.2, 0) is 9.53 Å². The minimum atomic E-state index is -0.670. The Balaban J connectivity index is 2.79. The molecule has 0 unspecified atom stereocenters. The summed E-state index contributed by atoms with van der Waals surface area (Å²) in [7, 11) is 0. The minimum Gasteiger partial charge on any atom is -0.444 e. The summed E-state index contributed by atoms with van der Waals surface area (Å²) in [5.41, 5.74) is -0.609. The molecule has 0 radical (unpaired) electrons. The van der Waals surface area contributed by atoms with Crippen molar-refractivity contribution in [3.05, 3.63) is 11.1 Å². The number of ether oxygens (including phenoxy) is 1. The van der Waals surface area contributed by atoms with Crippen molar-refractivity contribution in [1.29, 1.82) is 0 Å². The smallest absolute Gasteiger partial charge is 0.408 e. The van der Waals surface area contributed by atoms with Crippen molar-refractivity contribution in [2.24, 2.45) is 5.92 Å². The first-order valence-corrected chi connectivity index (χ1v) is 9.11. The molecule has 0 saturated heterocycles. The first-order valence-electron chi connectivity index (χ1n) is 8.29. The van der Waals surface area contributed by atoms with Gasteiger partial charge in [0.2, 0.25) is 5.91 Å². The number of carbonyl (C=O) groups excluding carboxylic acids is 2. The van der Waals surface area contributed by atoms with Crippen molar-refractivity contribution in [2.75, 3.05) is 5.32 Å². The van der Waals surface area contributed by atoms with Crippen molar-refractivity contribution in [3.63, 3.8) is 0 Å². The molecule has 0 bridgehead atoms. The Kier molecular flexibility index (Phi) is 7.20. The number of rotatable bonds is 6. The van der Waals surface area contributed by atoms with E-state index >= 15 is 0 Å². The van der Waals surface area contributed by atoms with E-state index in [-0.39, 0.29) is 11.8 Å². The summed E-state index contributed by atoms with van der Waals surface area (Å²) in [4.78, 5) is 29.9. The normalized spacial score (nSPS) is 14.2. The standard InChI is InChI=1S/C17H29N3O3S/c1-8-11(4)13(19-16(22)23-17(5,6)7)14(21)20-15-18-9-12(24-15)10(2)3/h9-11,13H,8H2,1-7H3,(H,19,22)(H,18,20,21)/t11-,13-/m0/s1. The third-order valence-electron chi connectivity index (χ3n) is 3.49. The van der Waals surface area contributed by atoms with Crippen LogP contribution in [0.1, 0.15) is 65.7 Å². The molecule has 1 aromatic heterocycles. The Bertz CT molecular complexity index is 564. The maximum Gasteiger partial charge on any atom is 0.408 e. The first-order chi connectivity index (χ1) is 11.0. The highest BCUT2D eigenvalue weighted by molar-refractivity contribution is 7.15. The van der Waals surface area contributed by atoms with Gasteiger partial charge in [0.15, 0.2) is 5.13 Å². The topological polar surface area (TPSA) is 80.3 Å². The summed E-state index contributed by atoms with van der Waals surface area (Å²) in [6.07, 6.45) is 1.93. The molecule has 136 valence electrons. The molecule has 2 N–H and O–H groups in total. The third-order valence-corrected chi connectivity index (χ3v) is 4.70. The van der Waals surface area contributed by atoms with Crippen LogP contribution in [0.25, 0.3) is 0 Å². The second-order valence-electron chi connectivity index (χ2n) is 7.22. The van der Waals surface area contributed by atoms with Gasteiger partial charge in [-0.1, -0.05) is 34.1 Å². The van der Waals surface area contributed by atoms with Gasteiger partial charge >= 0.3 is 6.09 Å². The summed E-state index contributed by atoms with van der Waals surface area (Å²) in [6, 6.07) is -0.670. The van der Waals surface area contributed by atoms with E-state index in [1.807, 2.05) is 13.8 Å². The van der Waals surface area contributed by atoms with Gasteiger partial charge in [0, 0.05) is 11.1 Å². The van der Waals surface area contributed by atoms with Gasteiger partial charge in [0.25, 0.3) is 0 Å². The van der Waals surface area contributed by atoms with Gasteiger partial charge in [-0.15, -0.1) is 11.3 Å². The van der Waals surface area contributed by atoms with Crippen LogP contribution in [0.4, 0.5) is 9.93 Å². The largest absolute Gasteiger partial charge is 0.444 e. The number of amides is 2. The predicted octanol–water partition coefficient (Wildman–Crippen LogP) is 4.14. The highest BCUT2D eigenvalue weighted by Crippen LogP contribution is 2.25. The SMILES string of the molecule is CC[C@H](C)[C@H](NC(=O)OC(C)(C)C)C(=O)Nc1ncc(C(C)C)s1. The van der Waals surface area contributed by atoms with Crippen molar-refractivity contribution in [1.82, 2.24) is 10.3 Å². The van der Waals surface area contributed by atoms with Crippen LogP contribution in [0.15, 0.2) is 6.20 Å². The van der Waals surface area contributed by atoms with E-state index in [0.29, 0.717) is 11.0 Å². The number of hydrogen-bond donors (Lipinski definition) is 2. The monoisotopic (exact) mass is 355 g/mol. The number of aromatic nitrogens is 1. The minimum absolute atomic E-state index is 0.0259. The Hall–Kier alpha value is -1.63.